The fourth-order valence-electron chi connectivity index (χ4n) is 3.49. The van der Waals surface area contributed by atoms with Gasteiger partial charge < -0.3 is 14.6 Å². The highest BCUT2D eigenvalue weighted by molar-refractivity contribution is 7.31. The molecule has 1 unspecified atom stereocenters. The summed E-state index contributed by atoms with van der Waals surface area (Å²) in [5.41, 5.74) is 1.15. The molecule has 2 N–H and O–H groups in total. The summed E-state index contributed by atoms with van der Waals surface area (Å²) in [5, 5.41) is 11.2. The molecule has 216 valence electrons. The number of carbonyl (C=O) groups excluding carboxylic acids is 1. The molecule has 1 amide bonds. The molecule has 0 fully saturated rings. The number of fused-ring (bicyclic) bond motifs is 1. The first kappa shape index (κ1) is 33.0. The molecule has 0 aliphatic carbocycles. The first-order valence-electron chi connectivity index (χ1n) is 13.7. The molecule has 0 aliphatic rings. The van der Waals surface area contributed by atoms with Gasteiger partial charge in [-0.2, -0.15) is 0 Å². The molecule has 40 heavy (non-hydrogen) atoms. The largest absolute Gasteiger partial charge is 0.373 e. The molecule has 2 rings (SSSR count). The number of anilines is 1. The second-order valence-corrected chi connectivity index (χ2v) is 9.38. The van der Waals surface area contributed by atoms with Crippen LogP contribution in [-0.4, -0.2) is 43.6 Å². The predicted octanol–water partition coefficient (Wildman–Crippen LogP) is 7.30. The first-order chi connectivity index (χ1) is 19.8. The van der Waals surface area contributed by atoms with Crippen molar-refractivity contribution in [2.45, 2.75) is 64.8 Å². The van der Waals surface area contributed by atoms with Crippen molar-refractivity contribution in [2.75, 3.05) is 18.3 Å². The number of carbonyl (C=O) groups is 1. The molecule has 0 spiro atoms. The van der Waals surface area contributed by atoms with E-state index in [0.717, 1.165) is 38.5 Å². The van der Waals surface area contributed by atoms with Crippen LogP contribution in [0.3, 0.4) is 0 Å². The van der Waals surface area contributed by atoms with Gasteiger partial charge in [-0.3, -0.25) is 4.79 Å². The van der Waals surface area contributed by atoms with Crippen molar-refractivity contribution in [1.29, 1.82) is 0 Å². The van der Waals surface area contributed by atoms with Crippen molar-refractivity contribution in [1.82, 2.24) is 19.5 Å². The molecule has 0 saturated heterocycles. The van der Waals surface area contributed by atoms with Crippen LogP contribution in [0.15, 0.2) is 85.6 Å². The molecule has 0 aliphatic heterocycles. The van der Waals surface area contributed by atoms with Gasteiger partial charge in [0.15, 0.2) is 17.0 Å². The molecule has 2 aromatic rings. The van der Waals surface area contributed by atoms with Crippen LogP contribution in [-0.2, 0) is 20.8 Å². The minimum atomic E-state index is -0.123. The summed E-state index contributed by atoms with van der Waals surface area (Å²) in [5.74, 6) is 0.273. The second kappa shape index (κ2) is 22.6. The second-order valence-electron chi connectivity index (χ2n) is 8.62. The molecule has 2 aromatic heterocycles. The van der Waals surface area contributed by atoms with E-state index in [2.05, 4.69) is 98.7 Å². The molecule has 9 nitrogen and oxygen atoms in total. The fourth-order valence-corrected chi connectivity index (χ4v) is 3.77. The summed E-state index contributed by atoms with van der Waals surface area (Å²) in [6.45, 7) is 3.09. The van der Waals surface area contributed by atoms with Crippen LogP contribution in [0.2, 0.25) is 0 Å². The lowest BCUT2D eigenvalue weighted by Crippen LogP contribution is -2.13. The van der Waals surface area contributed by atoms with Gasteiger partial charge in [0.2, 0.25) is 5.91 Å². The van der Waals surface area contributed by atoms with E-state index in [-0.39, 0.29) is 14.7 Å². The number of aromatic nitrogens is 4. The molecular formula is C30H42N5O4P. The van der Waals surface area contributed by atoms with Crippen molar-refractivity contribution in [3.05, 3.63) is 85.6 Å². The Morgan fingerprint density at radius 3 is 2.10 bits per heavy atom. The molecule has 1 atom stereocenters. The summed E-state index contributed by atoms with van der Waals surface area (Å²) in [6.07, 6.45) is 36.1. The van der Waals surface area contributed by atoms with Gasteiger partial charge in [0.25, 0.3) is 0 Å². The van der Waals surface area contributed by atoms with Gasteiger partial charge in [-0.15, -0.1) is 0 Å². The Hall–Kier alpha value is -3.23. The van der Waals surface area contributed by atoms with E-state index in [1.807, 2.05) is 10.6 Å². The Kier molecular flexibility index (Phi) is 18.6. The van der Waals surface area contributed by atoms with E-state index < -0.39 is 0 Å². The first-order valence-corrected chi connectivity index (χ1v) is 14.8. The topological polar surface area (TPSA) is 111 Å². The van der Waals surface area contributed by atoms with Gasteiger partial charge in [-0.25, -0.2) is 24.9 Å². The summed E-state index contributed by atoms with van der Waals surface area (Å²) < 4.78 is 11.2. The van der Waals surface area contributed by atoms with Gasteiger partial charge >= 0.3 is 0 Å². The highest BCUT2D eigenvalue weighted by Gasteiger charge is 2.12. The standard InChI is InChI=1S/C30H42N5O4P/c1-2-3-4-5-6-7-8-9-10-11-12-13-14-15-16-17-18-19-20-21-27(36)34-29-28-30(32-24-31-29)35(25-33-28)22-23-38-26-40-39-37/h3-4,6-7,9-10,12-13,15-16,18-19,24-25,37,40H,2,5,8,11,14,17,20-23,26H2,1H3,(H,31,32,34,36)/b4-3-,7-6-,10-9-,13-12-,16-15-,19-18-. The number of hydrogen-bond donors (Lipinski definition) is 2. The Bertz CT molecular complexity index is 1150. The van der Waals surface area contributed by atoms with Gasteiger partial charge in [-0.05, 0) is 44.9 Å². The van der Waals surface area contributed by atoms with Crippen LogP contribution in [0.25, 0.3) is 11.2 Å². The highest BCUT2D eigenvalue weighted by atomic mass is 31.1. The number of amides is 1. The van der Waals surface area contributed by atoms with Crippen LogP contribution >= 0.6 is 8.81 Å². The Morgan fingerprint density at radius 2 is 1.50 bits per heavy atom. The van der Waals surface area contributed by atoms with Crippen LogP contribution in [0.4, 0.5) is 5.82 Å². The van der Waals surface area contributed by atoms with Crippen LogP contribution in [0, 0.1) is 0 Å². The van der Waals surface area contributed by atoms with Crippen molar-refractivity contribution in [3.8, 4) is 0 Å². The van der Waals surface area contributed by atoms with Crippen LogP contribution < -0.4 is 5.32 Å². The van der Waals surface area contributed by atoms with Crippen molar-refractivity contribution < 1.29 is 19.5 Å². The van der Waals surface area contributed by atoms with E-state index >= 15 is 0 Å². The molecule has 0 bridgehead atoms. The zero-order valence-electron chi connectivity index (χ0n) is 23.3. The lowest BCUT2D eigenvalue weighted by atomic mass is 10.2. The highest BCUT2D eigenvalue weighted by Crippen LogP contribution is 2.18. The van der Waals surface area contributed by atoms with Crippen LogP contribution in [0.5, 0.6) is 0 Å². The number of imidazole rings is 1. The molecule has 10 heteroatoms. The average molecular weight is 568 g/mol. The van der Waals surface area contributed by atoms with E-state index in [4.69, 9.17) is 9.99 Å². The minimum absolute atomic E-state index is 0.116. The maximum absolute atomic E-state index is 12.4. The Morgan fingerprint density at radius 1 is 0.900 bits per heavy atom. The smallest absolute Gasteiger partial charge is 0.225 e. The Balaban J connectivity index is 1.58. The summed E-state index contributed by atoms with van der Waals surface area (Å²) in [6, 6.07) is 0. The minimum Gasteiger partial charge on any atom is -0.373 e. The summed E-state index contributed by atoms with van der Waals surface area (Å²) in [4.78, 5) is 25.2. The number of nitrogens with zero attached hydrogens (tertiary/aromatic N) is 4. The van der Waals surface area contributed by atoms with Crippen LogP contribution in [0.1, 0.15) is 58.3 Å². The van der Waals surface area contributed by atoms with E-state index in [0.29, 0.717) is 49.3 Å². The Labute approximate surface area is 239 Å². The summed E-state index contributed by atoms with van der Waals surface area (Å²) >= 11 is 0. The maximum atomic E-state index is 12.4. The molecule has 2 heterocycles. The third-order valence-corrected chi connectivity index (χ3v) is 5.95. The lowest BCUT2D eigenvalue weighted by molar-refractivity contribution is -0.125. The van der Waals surface area contributed by atoms with Gasteiger partial charge in [0, 0.05) is 13.0 Å². The summed E-state index contributed by atoms with van der Waals surface area (Å²) in [7, 11) is -0.116. The molecule has 0 saturated carbocycles. The number of hydrogen-bond acceptors (Lipinski definition) is 7. The third kappa shape index (κ3) is 14.8. The van der Waals surface area contributed by atoms with E-state index in [9.17, 15) is 4.79 Å². The zero-order chi connectivity index (χ0) is 28.5. The fraction of sp³-hybridized carbons (Fsp3) is 0.400. The van der Waals surface area contributed by atoms with Gasteiger partial charge in [0.05, 0.1) is 28.1 Å². The van der Waals surface area contributed by atoms with Gasteiger partial charge in [-0.1, -0.05) is 79.8 Å². The molecule has 0 aromatic carbocycles. The maximum Gasteiger partial charge on any atom is 0.225 e. The molecule has 0 radical (unpaired) electrons. The van der Waals surface area contributed by atoms with Crippen molar-refractivity contribution in [3.63, 3.8) is 0 Å². The van der Waals surface area contributed by atoms with Crippen molar-refractivity contribution >= 4 is 31.7 Å². The monoisotopic (exact) mass is 567 g/mol. The SMILES string of the molecule is CC/C=C\C/C=C\C/C=C\C/C=C\C/C=C\C/C=C\CCC(=O)Nc1ncnc2c1ncn2CCOCPOO. The number of allylic oxidation sites excluding steroid dienone is 12. The van der Waals surface area contributed by atoms with Gasteiger partial charge in [0.1, 0.15) is 6.33 Å². The lowest BCUT2D eigenvalue weighted by Gasteiger charge is -2.06. The van der Waals surface area contributed by atoms with E-state index in [1.165, 1.54) is 6.33 Å². The van der Waals surface area contributed by atoms with E-state index in [1.54, 1.807) is 6.33 Å². The zero-order valence-corrected chi connectivity index (χ0v) is 24.3. The number of nitrogens with one attached hydrogen (secondary N) is 1. The molecular weight excluding hydrogens is 525 g/mol. The van der Waals surface area contributed by atoms with Crippen molar-refractivity contribution in [2.24, 2.45) is 0 Å². The normalized spacial score (nSPS) is 12.9. The quantitative estimate of drug-likeness (QED) is 0.0535. The third-order valence-electron chi connectivity index (χ3n) is 5.50. The predicted molar refractivity (Wildman–Crippen MR) is 164 cm³/mol. The number of ether oxygens (including phenoxy) is 1. The average Bonchev–Trinajstić information content (AvgIpc) is 3.38. The number of rotatable bonds is 21.